The lowest BCUT2D eigenvalue weighted by Crippen LogP contribution is -2.41. The Morgan fingerprint density at radius 3 is 2.47 bits per heavy atom. The van der Waals surface area contributed by atoms with E-state index < -0.39 is 9.84 Å². The number of hydrogen-bond donors (Lipinski definition) is 1. The Morgan fingerprint density at radius 1 is 1.17 bits per heavy atom. The summed E-state index contributed by atoms with van der Waals surface area (Å²) in [4.78, 5) is 14.6. The molecule has 0 radical (unpaired) electrons. The molecule has 1 unspecified atom stereocenters. The highest BCUT2D eigenvalue weighted by Crippen LogP contribution is 2.27. The number of carbonyl (C=O) groups excluding carboxylic acids is 1. The number of amides is 1. The van der Waals surface area contributed by atoms with Gasteiger partial charge in [-0.15, -0.1) is 0 Å². The first-order valence-electron chi connectivity index (χ1n) is 9.50. The molecule has 1 atom stereocenters. The lowest BCUT2D eigenvalue weighted by Gasteiger charge is -2.27. The second kappa shape index (κ2) is 9.68. The van der Waals surface area contributed by atoms with Gasteiger partial charge in [-0.05, 0) is 42.3 Å². The Kier molecular flexibility index (Phi) is 7.23. The van der Waals surface area contributed by atoms with Crippen molar-refractivity contribution < 1.29 is 22.7 Å². The zero-order valence-electron chi connectivity index (χ0n) is 16.9. The van der Waals surface area contributed by atoms with Crippen molar-refractivity contribution in [1.82, 2.24) is 4.90 Å². The number of halogens is 1. The van der Waals surface area contributed by atoms with Gasteiger partial charge in [0.05, 0.1) is 37.3 Å². The minimum atomic E-state index is -3.08. The number of benzene rings is 2. The summed E-state index contributed by atoms with van der Waals surface area (Å²) in [6.45, 7) is 0.525. The molecule has 162 valence electrons. The molecule has 1 saturated heterocycles. The summed E-state index contributed by atoms with van der Waals surface area (Å²) in [7, 11) is 0.0415. The minimum absolute atomic E-state index is 0.0603. The van der Waals surface area contributed by atoms with Crippen molar-refractivity contribution in [2.45, 2.75) is 19.0 Å². The van der Waals surface area contributed by atoms with E-state index in [0.29, 0.717) is 29.4 Å². The normalized spacial score (nSPS) is 17.7. The van der Waals surface area contributed by atoms with E-state index in [1.807, 2.05) is 29.2 Å². The van der Waals surface area contributed by atoms with Crippen LogP contribution in [0.2, 0.25) is 5.02 Å². The average Bonchev–Trinajstić information content (AvgIpc) is 3.08. The van der Waals surface area contributed by atoms with Gasteiger partial charge in [0.2, 0.25) is 5.91 Å². The molecule has 9 heteroatoms. The van der Waals surface area contributed by atoms with Crippen LogP contribution in [0.25, 0.3) is 0 Å². The second-order valence-corrected chi connectivity index (χ2v) is 9.84. The number of sulfone groups is 1. The molecule has 0 bridgehead atoms. The molecule has 3 rings (SSSR count). The molecule has 7 nitrogen and oxygen atoms in total. The van der Waals surface area contributed by atoms with Crippen LogP contribution >= 0.6 is 11.6 Å². The van der Waals surface area contributed by atoms with E-state index in [0.717, 1.165) is 11.3 Å². The molecule has 0 saturated carbocycles. The van der Waals surface area contributed by atoms with Crippen LogP contribution < -0.4 is 14.8 Å². The molecular weight excluding hydrogens is 428 g/mol. The summed E-state index contributed by atoms with van der Waals surface area (Å²) in [6.07, 6.45) is 0.514. The molecule has 0 aromatic heterocycles. The standard InChI is InChI=1S/C21H25ClN2O5S/c1-28-18-6-3-15(4-7-18)12-24(17-9-10-30(26,27)14-17)13-21(25)23-16-5-8-20(29-2)19(22)11-16/h3-8,11,17H,9-10,12-14H2,1-2H3,(H,23,25). The van der Waals surface area contributed by atoms with E-state index in [9.17, 15) is 13.2 Å². The highest BCUT2D eigenvalue weighted by molar-refractivity contribution is 7.91. The van der Waals surface area contributed by atoms with Crippen LogP contribution in [0.5, 0.6) is 11.5 Å². The Labute approximate surface area is 181 Å². The molecule has 1 aliphatic rings. The van der Waals surface area contributed by atoms with Crippen molar-refractivity contribution in [1.29, 1.82) is 0 Å². The third-order valence-electron chi connectivity index (χ3n) is 5.05. The van der Waals surface area contributed by atoms with Crippen molar-refractivity contribution in [3.63, 3.8) is 0 Å². The first kappa shape index (κ1) is 22.4. The van der Waals surface area contributed by atoms with Gasteiger partial charge in [0.15, 0.2) is 9.84 Å². The van der Waals surface area contributed by atoms with Crippen molar-refractivity contribution in [2.75, 3.05) is 37.6 Å². The van der Waals surface area contributed by atoms with Gasteiger partial charge in [-0.1, -0.05) is 23.7 Å². The van der Waals surface area contributed by atoms with Crippen LogP contribution in [0.1, 0.15) is 12.0 Å². The maximum Gasteiger partial charge on any atom is 0.238 e. The number of nitrogens with one attached hydrogen (secondary N) is 1. The topological polar surface area (TPSA) is 84.9 Å². The smallest absolute Gasteiger partial charge is 0.238 e. The van der Waals surface area contributed by atoms with E-state index in [4.69, 9.17) is 21.1 Å². The SMILES string of the molecule is COc1ccc(CN(CC(=O)Nc2ccc(OC)c(Cl)c2)C2CCS(=O)(=O)C2)cc1. The van der Waals surface area contributed by atoms with Crippen molar-refractivity contribution in [3.05, 3.63) is 53.1 Å². The molecule has 1 N–H and O–H groups in total. The highest BCUT2D eigenvalue weighted by atomic mass is 35.5. The maximum absolute atomic E-state index is 12.7. The fourth-order valence-corrected chi connectivity index (χ4v) is 5.49. The monoisotopic (exact) mass is 452 g/mol. The van der Waals surface area contributed by atoms with Gasteiger partial charge < -0.3 is 14.8 Å². The predicted molar refractivity (Wildman–Crippen MR) is 117 cm³/mol. The first-order valence-corrected chi connectivity index (χ1v) is 11.7. The van der Waals surface area contributed by atoms with E-state index in [1.54, 1.807) is 25.3 Å². The van der Waals surface area contributed by atoms with Crippen LogP contribution in [0.4, 0.5) is 5.69 Å². The van der Waals surface area contributed by atoms with Gasteiger partial charge in [0, 0.05) is 18.3 Å². The molecule has 1 fully saturated rings. The quantitative estimate of drug-likeness (QED) is 0.662. The Balaban J connectivity index is 1.72. The molecule has 1 amide bonds. The van der Waals surface area contributed by atoms with Crippen LogP contribution in [0, 0.1) is 0 Å². The van der Waals surface area contributed by atoms with Crippen LogP contribution in [0.3, 0.4) is 0 Å². The number of rotatable bonds is 8. The fourth-order valence-electron chi connectivity index (χ4n) is 3.47. The van der Waals surface area contributed by atoms with Crippen molar-refractivity contribution >= 4 is 33.0 Å². The Hall–Kier alpha value is -2.29. The molecule has 30 heavy (non-hydrogen) atoms. The fraction of sp³-hybridized carbons (Fsp3) is 0.381. The zero-order valence-corrected chi connectivity index (χ0v) is 18.5. The lowest BCUT2D eigenvalue weighted by atomic mass is 10.1. The number of methoxy groups -OCH3 is 2. The second-order valence-electron chi connectivity index (χ2n) is 7.21. The summed E-state index contributed by atoms with van der Waals surface area (Å²) in [6, 6.07) is 12.3. The minimum Gasteiger partial charge on any atom is -0.497 e. The molecular formula is C21H25ClN2O5S. The number of ether oxygens (including phenoxy) is 2. The van der Waals surface area contributed by atoms with E-state index in [1.165, 1.54) is 7.11 Å². The van der Waals surface area contributed by atoms with Gasteiger partial charge in [-0.3, -0.25) is 9.69 Å². The molecule has 1 heterocycles. The molecule has 2 aromatic rings. The predicted octanol–water partition coefficient (Wildman–Crippen LogP) is 2.99. The van der Waals surface area contributed by atoms with Crippen molar-refractivity contribution in [3.8, 4) is 11.5 Å². The van der Waals surface area contributed by atoms with Gasteiger partial charge in [0.1, 0.15) is 11.5 Å². The Morgan fingerprint density at radius 2 is 1.90 bits per heavy atom. The Bertz CT molecular complexity index is 995. The zero-order chi connectivity index (χ0) is 21.7. The average molecular weight is 453 g/mol. The highest BCUT2D eigenvalue weighted by Gasteiger charge is 2.33. The first-order chi connectivity index (χ1) is 14.3. The molecule has 0 spiro atoms. The molecule has 2 aromatic carbocycles. The number of carbonyl (C=O) groups is 1. The number of hydrogen-bond acceptors (Lipinski definition) is 6. The van der Waals surface area contributed by atoms with Gasteiger partial charge >= 0.3 is 0 Å². The van der Waals surface area contributed by atoms with Crippen LogP contribution in [-0.2, 0) is 21.2 Å². The largest absolute Gasteiger partial charge is 0.497 e. The van der Waals surface area contributed by atoms with E-state index >= 15 is 0 Å². The van der Waals surface area contributed by atoms with Gasteiger partial charge in [0.25, 0.3) is 0 Å². The van der Waals surface area contributed by atoms with E-state index in [2.05, 4.69) is 5.32 Å². The maximum atomic E-state index is 12.7. The summed E-state index contributed by atoms with van der Waals surface area (Å²) in [5, 5.41) is 3.22. The summed E-state index contributed by atoms with van der Waals surface area (Å²) in [5.74, 6) is 1.22. The third-order valence-corrected chi connectivity index (χ3v) is 7.10. The summed E-state index contributed by atoms with van der Waals surface area (Å²) in [5.41, 5.74) is 1.52. The summed E-state index contributed by atoms with van der Waals surface area (Å²) < 4.78 is 34.3. The van der Waals surface area contributed by atoms with E-state index in [-0.39, 0.29) is 30.0 Å². The molecule has 1 aliphatic heterocycles. The molecule has 0 aliphatic carbocycles. The summed E-state index contributed by atoms with van der Waals surface area (Å²) >= 11 is 6.12. The van der Waals surface area contributed by atoms with Crippen LogP contribution in [-0.4, -0.2) is 57.5 Å². The van der Waals surface area contributed by atoms with Gasteiger partial charge in [-0.25, -0.2) is 8.42 Å². The number of nitrogens with zero attached hydrogens (tertiary/aromatic N) is 1. The lowest BCUT2D eigenvalue weighted by molar-refractivity contribution is -0.117. The third kappa shape index (κ3) is 5.87. The van der Waals surface area contributed by atoms with Crippen LogP contribution in [0.15, 0.2) is 42.5 Å². The van der Waals surface area contributed by atoms with Crippen molar-refractivity contribution in [2.24, 2.45) is 0 Å². The van der Waals surface area contributed by atoms with Gasteiger partial charge in [-0.2, -0.15) is 0 Å². The number of anilines is 1.